The van der Waals surface area contributed by atoms with E-state index in [1.54, 1.807) is 0 Å². The van der Waals surface area contributed by atoms with Crippen molar-refractivity contribution in [2.45, 2.75) is 19.3 Å². The van der Waals surface area contributed by atoms with Crippen molar-refractivity contribution in [1.29, 1.82) is 0 Å². The lowest BCUT2D eigenvalue weighted by molar-refractivity contribution is 0.660. The number of anilines is 3. The first-order valence-corrected chi connectivity index (χ1v) is 15.1. The molecular weight excluding hydrogens is 578 g/mol. The molecule has 0 bridgehead atoms. The molecule has 0 unspecified atom stereocenters. The van der Waals surface area contributed by atoms with Gasteiger partial charge in [0.2, 0.25) is 0 Å². The maximum absolute atomic E-state index is 6.65. The smallest absolute Gasteiger partial charge is 0.160 e. The third-order valence-electron chi connectivity index (χ3n) is 8.75. The summed E-state index contributed by atoms with van der Waals surface area (Å²) in [5.74, 6) is 0. The summed E-state index contributed by atoms with van der Waals surface area (Å²) in [6, 6.07) is 47.6. The first kappa shape index (κ1) is 25.1. The summed E-state index contributed by atoms with van der Waals surface area (Å²) in [6.07, 6.45) is 0. The molecule has 1 heterocycles. The second kappa shape index (κ2) is 9.47. The number of hydrogen-bond donors (Lipinski definition) is 0. The van der Waals surface area contributed by atoms with Crippen LogP contribution in [0.3, 0.4) is 0 Å². The molecule has 42 heavy (non-hydrogen) atoms. The molecule has 0 saturated heterocycles. The molecule has 6 aromatic carbocycles. The fourth-order valence-corrected chi connectivity index (χ4v) is 7.25. The number of nitrogens with zero attached hydrogens (tertiary/aromatic N) is 1. The van der Waals surface area contributed by atoms with Gasteiger partial charge in [0.15, 0.2) is 5.58 Å². The fourth-order valence-electron chi connectivity index (χ4n) is 6.72. The number of furan rings is 1. The van der Waals surface area contributed by atoms with Crippen molar-refractivity contribution < 1.29 is 4.42 Å². The number of hydrogen-bond acceptors (Lipinski definition) is 2. The number of para-hydroxylation sites is 2. The van der Waals surface area contributed by atoms with Crippen molar-refractivity contribution >= 4 is 54.9 Å². The second-order valence-electron chi connectivity index (χ2n) is 11.5. The normalized spacial score (nSPS) is 13.3. The van der Waals surface area contributed by atoms with Crippen LogP contribution in [0.4, 0.5) is 17.1 Å². The van der Waals surface area contributed by atoms with E-state index in [1.165, 1.54) is 27.8 Å². The average Bonchev–Trinajstić information content (AvgIpc) is 3.53. The van der Waals surface area contributed by atoms with Crippen LogP contribution in [0, 0.1) is 0 Å². The molecule has 7 aromatic rings. The Hall–Kier alpha value is -4.60. The molecule has 0 radical (unpaired) electrons. The SMILES string of the molecule is CC1(C)c2ccccc2-c2ccc(N(c3ccccc3-c3ccccc3)c3ccc(Br)c4c3oc3ccccc34)cc21. The van der Waals surface area contributed by atoms with Gasteiger partial charge >= 0.3 is 0 Å². The molecule has 1 aliphatic rings. The van der Waals surface area contributed by atoms with Crippen LogP contribution in [0.25, 0.3) is 44.2 Å². The summed E-state index contributed by atoms with van der Waals surface area (Å²) in [4.78, 5) is 2.37. The van der Waals surface area contributed by atoms with Crippen LogP contribution in [0.2, 0.25) is 0 Å². The molecule has 1 aromatic heterocycles. The first-order valence-electron chi connectivity index (χ1n) is 14.3. The third kappa shape index (κ3) is 3.70. The molecule has 8 rings (SSSR count). The minimum absolute atomic E-state index is 0.110. The minimum Gasteiger partial charge on any atom is -0.454 e. The molecule has 2 nitrogen and oxygen atoms in total. The predicted octanol–water partition coefficient (Wildman–Crippen LogP) is 11.8. The molecule has 0 spiro atoms. The van der Waals surface area contributed by atoms with Crippen molar-refractivity contribution in [3.8, 4) is 22.3 Å². The average molecular weight is 607 g/mol. The Morgan fingerprint density at radius 2 is 1.29 bits per heavy atom. The van der Waals surface area contributed by atoms with Crippen LogP contribution in [0.5, 0.6) is 0 Å². The molecular formula is C39H28BrNO. The second-order valence-corrected chi connectivity index (χ2v) is 12.3. The maximum Gasteiger partial charge on any atom is 0.160 e. The van der Waals surface area contributed by atoms with Crippen LogP contribution in [-0.2, 0) is 5.41 Å². The van der Waals surface area contributed by atoms with Gasteiger partial charge in [0.25, 0.3) is 0 Å². The Morgan fingerprint density at radius 3 is 2.14 bits per heavy atom. The molecule has 202 valence electrons. The lowest BCUT2D eigenvalue weighted by atomic mass is 9.82. The predicted molar refractivity (Wildman–Crippen MR) is 179 cm³/mol. The van der Waals surface area contributed by atoms with Crippen molar-refractivity contribution in [2.24, 2.45) is 0 Å². The Labute approximate surface area is 254 Å². The van der Waals surface area contributed by atoms with E-state index in [2.05, 4.69) is 156 Å². The highest BCUT2D eigenvalue weighted by Crippen LogP contribution is 2.52. The summed E-state index contributed by atoms with van der Waals surface area (Å²) in [5.41, 5.74) is 12.5. The highest BCUT2D eigenvalue weighted by Gasteiger charge is 2.36. The van der Waals surface area contributed by atoms with E-state index in [-0.39, 0.29) is 5.41 Å². The van der Waals surface area contributed by atoms with Gasteiger partial charge in [-0.05, 0) is 64.2 Å². The van der Waals surface area contributed by atoms with Gasteiger partial charge in [-0.3, -0.25) is 0 Å². The molecule has 0 aliphatic heterocycles. The van der Waals surface area contributed by atoms with E-state index in [0.717, 1.165) is 49.0 Å². The topological polar surface area (TPSA) is 16.4 Å². The maximum atomic E-state index is 6.65. The van der Waals surface area contributed by atoms with E-state index in [4.69, 9.17) is 4.42 Å². The van der Waals surface area contributed by atoms with Crippen LogP contribution in [-0.4, -0.2) is 0 Å². The van der Waals surface area contributed by atoms with Gasteiger partial charge in [0.05, 0.1) is 11.4 Å². The Morgan fingerprint density at radius 1 is 0.595 bits per heavy atom. The van der Waals surface area contributed by atoms with Crippen molar-refractivity contribution in [3.05, 3.63) is 149 Å². The van der Waals surface area contributed by atoms with Crippen LogP contribution in [0.1, 0.15) is 25.0 Å². The van der Waals surface area contributed by atoms with E-state index in [1.807, 2.05) is 12.1 Å². The first-order chi connectivity index (χ1) is 20.5. The fraction of sp³-hybridized carbons (Fsp3) is 0.0769. The lowest BCUT2D eigenvalue weighted by Gasteiger charge is -2.30. The molecule has 0 atom stereocenters. The highest BCUT2D eigenvalue weighted by molar-refractivity contribution is 9.10. The zero-order valence-corrected chi connectivity index (χ0v) is 25.0. The van der Waals surface area contributed by atoms with Gasteiger partial charge in [-0.1, -0.05) is 127 Å². The Kier molecular flexibility index (Phi) is 5.67. The summed E-state index contributed by atoms with van der Waals surface area (Å²) < 4.78 is 7.67. The minimum atomic E-state index is -0.110. The monoisotopic (exact) mass is 605 g/mol. The molecule has 1 aliphatic carbocycles. The summed E-state index contributed by atoms with van der Waals surface area (Å²) >= 11 is 3.84. The molecule has 0 N–H and O–H groups in total. The summed E-state index contributed by atoms with van der Waals surface area (Å²) in [6.45, 7) is 4.67. The van der Waals surface area contributed by atoms with E-state index < -0.39 is 0 Å². The van der Waals surface area contributed by atoms with Gasteiger partial charge in [-0.25, -0.2) is 0 Å². The Balaban J connectivity index is 1.43. The van der Waals surface area contributed by atoms with Crippen LogP contribution < -0.4 is 4.90 Å². The standard InChI is InChI=1S/C39H28BrNO/c1-39(2)31-17-9-6-15-28(31)29-21-20-26(24-32(29)39)41(34-18-10-7-14-27(34)25-12-4-3-5-13-25)35-23-22-33(40)37-30-16-8-11-19-36(30)42-38(35)37/h3-24H,1-2H3. The van der Waals surface area contributed by atoms with Crippen LogP contribution >= 0.6 is 15.9 Å². The van der Waals surface area contributed by atoms with E-state index >= 15 is 0 Å². The van der Waals surface area contributed by atoms with Crippen molar-refractivity contribution in [1.82, 2.24) is 0 Å². The zero-order chi connectivity index (χ0) is 28.4. The number of fused-ring (bicyclic) bond motifs is 6. The van der Waals surface area contributed by atoms with Gasteiger partial charge in [-0.2, -0.15) is 0 Å². The van der Waals surface area contributed by atoms with E-state index in [9.17, 15) is 0 Å². The number of benzene rings is 6. The molecule has 0 saturated carbocycles. The third-order valence-corrected chi connectivity index (χ3v) is 9.41. The molecule has 0 amide bonds. The van der Waals surface area contributed by atoms with Gasteiger partial charge in [-0.15, -0.1) is 0 Å². The number of rotatable bonds is 4. The van der Waals surface area contributed by atoms with Gasteiger partial charge < -0.3 is 9.32 Å². The highest BCUT2D eigenvalue weighted by atomic mass is 79.9. The largest absolute Gasteiger partial charge is 0.454 e. The Bertz CT molecular complexity index is 2140. The van der Waals surface area contributed by atoms with Gasteiger partial charge in [0.1, 0.15) is 5.58 Å². The number of halogens is 1. The van der Waals surface area contributed by atoms with Crippen LogP contribution in [0.15, 0.2) is 142 Å². The summed E-state index contributed by atoms with van der Waals surface area (Å²) in [7, 11) is 0. The molecule has 3 heteroatoms. The summed E-state index contributed by atoms with van der Waals surface area (Å²) in [5, 5.41) is 2.18. The van der Waals surface area contributed by atoms with E-state index in [0.29, 0.717) is 0 Å². The van der Waals surface area contributed by atoms with Crippen molar-refractivity contribution in [2.75, 3.05) is 4.90 Å². The quantitative estimate of drug-likeness (QED) is 0.198. The van der Waals surface area contributed by atoms with Gasteiger partial charge in [0, 0.05) is 31.9 Å². The van der Waals surface area contributed by atoms with Crippen molar-refractivity contribution in [3.63, 3.8) is 0 Å². The zero-order valence-electron chi connectivity index (χ0n) is 23.4. The molecule has 0 fully saturated rings. The lowest BCUT2D eigenvalue weighted by Crippen LogP contribution is -2.17.